The number of nitrogens with two attached hydrogens (primary N) is 1. The molecule has 2 aromatic carbocycles. The molecule has 1 fully saturated rings. The number of benzene rings is 2. The van der Waals surface area contributed by atoms with Crippen LogP contribution in [0.15, 0.2) is 48.7 Å². The highest BCUT2D eigenvalue weighted by Gasteiger charge is 2.15. The van der Waals surface area contributed by atoms with E-state index in [1.165, 1.54) is 16.8 Å². The van der Waals surface area contributed by atoms with E-state index in [9.17, 15) is 4.79 Å². The molecule has 0 bridgehead atoms. The zero-order valence-corrected chi connectivity index (χ0v) is 12.6. The Morgan fingerprint density at radius 3 is 2.92 bits per heavy atom. The van der Waals surface area contributed by atoms with Gasteiger partial charge in [0.25, 0.3) is 5.91 Å². The van der Waals surface area contributed by atoms with Gasteiger partial charge in [0.2, 0.25) is 0 Å². The summed E-state index contributed by atoms with van der Waals surface area (Å²) in [5.74, 6) is -2.24. The predicted molar refractivity (Wildman–Crippen MR) is 94.4 cm³/mol. The summed E-state index contributed by atoms with van der Waals surface area (Å²) in [6.45, 7) is -5.47. The van der Waals surface area contributed by atoms with Crippen LogP contribution in [0.25, 0.3) is 16.6 Å². The van der Waals surface area contributed by atoms with Crippen molar-refractivity contribution >= 4 is 16.8 Å². The molecular weight excluding hydrogens is 300 g/mol. The van der Waals surface area contributed by atoms with Gasteiger partial charge in [0.15, 0.2) is 0 Å². The second kappa shape index (κ2) is 6.09. The van der Waals surface area contributed by atoms with Gasteiger partial charge in [-0.2, -0.15) is 5.10 Å². The van der Waals surface area contributed by atoms with E-state index in [2.05, 4.69) is 5.10 Å². The molecule has 122 valence electrons. The summed E-state index contributed by atoms with van der Waals surface area (Å²) in [6.07, 6.45) is -4.17. The second-order valence-corrected chi connectivity index (χ2v) is 5.37. The molecule has 3 aromatic rings. The molecule has 1 aromatic heterocycles. The van der Waals surface area contributed by atoms with E-state index in [4.69, 9.17) is 16.7 Å². The number of rotatable bonds is 3. The number of amides is 1. The molecule has 0 saturated carbocycles. The van der Waals surface area contributed by atoms with Crippen molar-refractivity contribution in [3.63, 3.8) is 0 Å². The van der Waals surface area contributed by atoms with Crippen molar-refractivity contribution in [2.24, 2.45) is 5.73 Å². The molecule has 0 unspecified atom stereocenters. The van der Waals surface area contributed by atoms with Crippen LogP contribution in [0.3, 0.4) is 0 Å². The quantitative estimate of drug-likeness (QED) is 0.776. The maximum absolute atomic E-state index is 11.6. The van der Waals surface area contributed by atoms with Gasteiger partial charge in [-0.1, -0.05) is 24.3 Å². The predicted octanol–water partition coefficient (Wildman–Crippen LogP) is 2.59. The SMILES string of the molecule is [2H]C1([2H])NC([2H])([2H])C([2H])([2H])C([2H])([2H])[C@H]1c1ccc(-n2cc3cccc(C(N)=O)c3n2)cc1. The Hall–Kier alpha value is -2.66. The maximum atomic E-state index is 11.6. The molecule has 24 heavy (non-hydrogen) atoms. The average molecular weight is 328 g/mol. The normalized spacial score (nSPS) is 31.2. The number of piperidine rings is 1. The highest BCUT2D eigenvalue weighted by molar-refractivity contribution is 6.04. The number of aromatic nitrogens is 2. The fourth-order valence-corrected chi connectivity index (χ4v) is 2.65. The lowest BCUT2D eigenvalue weighted by atomic mass is 9.92. The summed E-state index contributed by atoms with van der Waals surface area (Å²) in [5.41, 5.74) is 6.79. The molecule has 1 aliphatic rings. The number of nitrogens with zero attached hydrogens (tertiary/aromatic N) is 2. The first-order chi connectivity index (χ1) is 14.7. The fourth-order valence-electron chi connectivity index (χ4n) is 2.65. The van der Waals surface area contributed by atoms with Crippen LogP contribution in [0.2, 0.25) is 0 Å². The minimum Gasteiger partial charge on any atom is -0.366 e. The number of primary amides is 1. The first kappa shape index (κ1) is 8.44. The van der Waals surface area contributed by atoms with Crippen LogP contribution in [-0.4, -0.2) is 28.7 Å². The molecule has 3 N–H and O–H groups in total. The van der Waals surface area contributed by atoms with Gasteiger partial charge in [-0.3, -0.25) is 4.79 Å². The first-order valence-electron chi connectivity index (χ1n) is 11.4. The molecule has 1 saturated heterocycles. The number of nitrogens with one attached hydrogen (secondary N) is 1. The largest absolute Gasteiger partial charge is 0.366 e. The van der Waals surface area contributed by atoms with Gasteiger partial charge >= 0.3 is 0 Å². The van der Waals surface area contributed by atoms with Crippen LogP contribution in [0, 0.1) is 0 Å². The van der Waals surface area contributed by atoms with E-state index in [1.54, 1.807) is 36.5 Å². The van der Waals surface area contributed by atoms with Gasteiger partial charge < -0.3 is 11.1 Å². The van der Waals surface area contributed by atoms with E-state index in [-0.39, 0.29) is 11.1 Å². The third-order valence-corrected chi connectivity index (χ3v) is 3.85. The molecule has 5 nitrogen and oxygen atoms in total. The number of carbonyl (C=O) groups excluding carboxylic acids is 1. The van der Waals surface area contributed by atoms with Gasteiger partial charge in [-0.25, -0.2) is 4.68 Å². The zero-order chi connectivity index (χ0) is 23.7. The summed E-state index contributed by atoms with van der Waals surface area (Å²) in [7, 11) is 0. The molecular formula is C19H20N4O. The topological polar surface area (TPSA) is 72.9 Å². The minimum atomic E-state index is -3.00. The van der Waals surface area contributed by atoms with Crippen molar-refractivity contribution in [3.8, 4) is 5.69 Å². The van der Waals surface area contributed by atoms with Crippen LogP contribution >= 0.6 is 0 Å². The molecule has 5 heteroatoms. The molecule has 0 radical (unpaired) electrons. The minimum absolute atomic E-state index is 0.158. The standard InChI is InChI=1S/C19H20N4O/c20-19(24)17-5-1-3-15-12-23(22-18(15)17)16-8-6-13(7-9-16)14-4-2-10-21-11-14/h1,3,5-9,12,14,21H,2,4,10-11H2,(H2,20,24)/t14-/m1/s1/i2D2,4D2,10D2,11D2. The zero-order valence-electron chi connectivity index (χ0n) is 20.6. The molecule has 0 spiro atoms. The van der Waals surface area contributed by atoms with Crippen molar-refractivity contribution in [3.05, 3.63) is 59.8 Å². The molecule has 4 rings (SSSR count). The average Bonchev–Trinajstić information content (AvgIpc) is 3.10. The van der Waals surface area contributed by atoms with Crippen LogP contribution in [0.1, 0.15) is 45.6 Å². The number of fused-ring (bicyclic) bond motifs is 1. The summed E-state index contributed by atoms with van der Waals surface area (Å²) in [4.78, 5) is 11.6. The van der Waals surface area contributed by atoms with E-state index >= 15 is 0 Å². The molecule has 1 amide bonds. The van der Waals surface area contributed by atoms with Crippen LogP contribution in [-0.2, 0) is 0 Å². The summed E-state index contributed by atoms with van der Waals surface area (Å²) in [5, 5.41) is 7.07. The van der Waals surface area contributed by atoms with Gasteiger partial charge in [0.1, 0.15) is 5.52 Å². The van der Waals surface area contributed by atoms with Crippen molar-refractivity contribution in [2.45, 2.75) is 18.7 Å². The van der Waals surface area contributed by atoms with Crippen molar-refractivity contribution in [1.82, 2.24) is 15.1 Å². The van der Waals surface area contributed by atoms with Crippen molar-refractivity contribution in [1.29, 1.82) is 0 Å². The Bertz CT molecular complexity index is 1210. The van der Waals surface area contributed by atoms with E-state index < -0.39 is 37.6 Å². The number of hydrogen-bond acceptors (Lipinski definition) is 3. The van der Waals surface area contributed by atoms with Crippen LogP contribution < -0.4 is 11.1 Å². The Kier molecular flexibility index (Phi) is 2.14. The summed E-state index contributed by atoms with van der Waals surface area (Å²) < 4.78 is 66.1. The fraction of sp³-hybridized carbons (Fsp3) is 0.263. The second-order valence-electron chi connectivity index (χ2n) is 5.37. The van der Waals surface area contributed by atoms with Crippen molar-refractivity contribution in [2.75, 3.05) is 13.0 Å². The number of carbonyl (C=O) groups is 1. The van der Waals surface area contributed by atoms with Gasteiger partial charge in [0, 0.05) is 29.0 Å². The van der Waals surface area contributed by atoms with Gasteiger partial charge in [-0.15, -0.1) is 0 Å². The highest BCUT2D eigenvalue weighted by Crippen LogP contribution is 2.25. The molecule has 0 aliphatic carbocycles. The van der Waals surface area contributed by atoms with Gasteiger partial charge in [-0.05, 0) is 48.9 Å². The summed E-state index contributed by atoms with van der Waals surface area (Å²) in [6, 6.07) is 11.1. The third-order valence-electron chi connectivity index (χ3n) is 3.85. The van der Waals surface area contributed by atoms with Crippen LogP contribution in [0.4, 0.5) is 0 Å². The Morgan fingerprint density at radius 2 is 2.12 bits per heavy atom. The maximum Gasteiger partial charge on any atom is 0.250 e. The first-order valence-corrected chi connectivity index (χ1v) is 7.37. The number of hydrogen-bond donors (Lipinski definition) is 2. The van der Waals surface area contributed by atoms with E-state index in [0.717, 1.165) is 0 Å². The van der Waals surface area contributed by atoms with Crippen LogP contribution in [0.5, 0.6) is 0 Å². The lowest BCUT2D eigenvalue weighted by Gasteiger charge is -2.23. The monoisotopic (exact) mass is 328 g/mol. The van der Waals surface area contributed by atoms with Crippen molar-refractivity contribution < 1.29 is 15.8 Å². The molecule has 1 aliphatic heterocycles. The highest BCUT2D eigenvalue weighted by atomic mass is 16.1. The van der Waals surface area contributed by atoms with Gasteiger partial charge in [0.05, 0.1) is 11.3 Å². The van der Waals surface area contributed by atoms with E-state index in [1.807, 2.05) is 5.32 Å². The lowest BCUT2D eigenvalue weighted by Crippen LogP contribution is -2.28. The smallest absolute Gasteiger partial charge is 0.250 e. The molecule has 2 heterocycles. The lowest BCUT2D eigenvalue weighted by molar-refractivity contribution is 0.100. The third kappa shape index (κ3) is 2.67. The van der Waals surface area contributed by atoms with E-state index in [0.29, 0.717) is 16.6 Å². The molecule has 1 atom stereocenters. The Labute approximate surface area is 151 Å². The summed E-state index contributed by atoms with van der Waals surface area (Å²) >= 11 is 0. The Morgan fingerprint density at radius 1 is 1.29 bits per heavy atom. The Balaban J connectivity index is 1.75.